The van der Waals surface area contributed by atoms with Crippen LogP contribution >= 0.6 is 0 Å². The minimum Gasteiger partial charge on any atom is -0.507 e. The molecule has 0 bridgehead atoms. The van der Waals surface area contributed by atoms with E-state index >= 15 is 0 Å². The van der Waals surface area contributed by atoms with Crippen LogP contribution in [0.2, 0.25) is 0 Å². The van der Waals surface area contributed by atoms with Gasteiger partial charge in [0, 0.05) is 31.1 Å². The number of hydrogen-bond donors (Lipinski definition) is 4. The van der Waals surface area contributed by atoms with Crippen molar-refractivity contribution < 1.29 is 30.0 Å². The predicted octanol–water partition coefficient (Wildman–Crippen LogP) is 0.595. The highest BCUT2D eigenvalue weighted by molar-refractivity contribution is 6.02. The number of ether oxygens (including phenoxy) is 1. The number of Topliss-reactive ketones (excluding diaryl/α,β-unsaturated/α-hetero) is 1. The summed E-state index contributed by atoms with van der Waals surface area (Å²) in [5.41, 5.74) is -0.0121. The lowest BCUT2D eigenvalue weighted by molar-refractivity contribution is 0.0895. The van der Waals surface area contributed by atoms with E-state index in [-0.39, 0.29) is 42.1 Å². The largest absolute Gasteiger partial charge is 0.507 e. The van der Waals surface area contributed by atoms with Crippen molar-refractivity contribution in [2.24, 2.45) is 0 Å². The average Bonchev–Trinajstić information content (AvgIpc) is 2.32. The monoisotopic (exact) mass is 270 g/mol. The molecule has 19 heavy (non-hydrogen) atoms. The van der Waals surface area contributed by atoms with Gasteiger partial charge in [-0.15, -0.1) is 0 Å². The van der Waals surface area contributed by atoms with Crippen LogP contribution in [0.1, 0.15) is 29.3 Å². The maximum atomic E-state index is 12.0. The molecule has 0 aromatic heterocycles. The zero-order valence-corrected chi connectivity index (χ0v) is 10.9. The zero-order valence-electron chi connectivity index (χ0n) is 10.9. The van der Waals surface area contributed by atoms with Gasteiger partial charge in [-0.1, -0.05) is 0 Å². The minimum absolute atomic E-state index is 0.0105. The van der Waals surface area contributed by atoms with Crippen LogP contribution in [0, 0.1) is 0 Å². The summed E-state index contributed by atoms with van der Waals surface area (Å²) in [6, 6.07) is 1.21. The Hall–Kier alpha value is -1.79. The zero-order chi connectivity index (χ0) is 14.6. The fourth-order valence-corrected chi connectivity index (χ4v) is 1.83. The second-order valence-corrected chi connectivity index (χ2v) is 4.25. The van der Waals surface area contributed by atoms with Crippen LogP contribution in [0.5, 0.6) is 17.2 Å². The second-order valence-electron chi connectivity index (χ2n) is 4.25. The molecule has 0 aliphatic rings. The molecular formula is C13H18O6. The molecule has 106 valence electrons. The third kappa shape index (κ3) is 3.36. The van der Waals surface area contributed by atoms with E-state index in [0.29, 0.717) is 0 Å². The Balaban J connectivity index is 3.34. The summed E-state index contributed by atoms with van der Waals surface area (Å²) >= 11 is 0. The number of ketones is 1. The normalized spacial score (nSPS) is 12.2. The van der Waals surface area contributed by atoms with Gasteiger partial charge in [0.05, 0.1) is 13.2 Å². The van der Waals surface area contributed by atoms with Crippen molar-refractivity contribution in [3.8, 4) is 17.2 Å². The fourth-order valence-electron chi connectivity index (χ4n) is 1.83. The van der Waals surface area contributed by atoms with Crippen molar-refractivity contribution in [3.05, 3.63) is 17.2 Å². The van der Waals surface area contributed by atoms with Crippen LogP contribution in [0.15, 0.2) is 6.07 Å². The van der Waals surface area contributed by atoms with E-state index in [1.807, 2.05) is 0 Å². The summed E-state index contributed by atoms with van der Waals surface area (Å²) in [5.74, 6) is -1.14. The van der Waals surface area contributed by atoms with Gasteiger partial charge in [0.1, 0.15) is 22.8 Å². The first-order valence-electron chi connectivity index (χ1n) is 5.86. The van der Waals surface area contributed by atoms with E-state index in [0.717, 1.165) is 0 Å². The quantitative estimate of drug-likeness (QED) is 0.564. The summed E-state index contributed by atoms with van der Waals surface area (Å²) in [4.78, 5) is 12.0. The van der Waals surface area contributed by atoms with Crippen LogP contribution < -0.4 is 4.74 Å². The van der Waals surface area contributed by atoms with E-state index < -0.39 is 17.6 Å². The van der Waals surface area contributed by atoms with Crippen LogP contribution in [-0.4, -0.2) is 46.0 Å². The first-order valence-corrected chi connectivity index (χ1v) is 5.86. The number of benzene rings is 1. The number of carbonyl (C=O) groups is 1. The van der Waals surface area contributed by atoms with E-state index in [4.69, 9.17) is 9.84 Å². The first-order chi connectivity index (χ1) is 8.92. The third-order valence-corrected chi connectivity index (χ3v) is 2.69. The summed E-state index contributed by atoms with van der Waals surface area (Å²) in [5, 5.41) is 37.9. The molecule has 0 saturated carbocycles. The van der Waals surface area contributed by atoms with Crippen molar-refractivity contribution in [3.63, 3.8) is 0 Å². The lowest BCUT2D eigenvalue weighted by Crippen LogP contribution is -2.12. The van der Waals surface area contributed by atoms with Gasteiger partial charge >= 0.3 is 0 Å². The van der Waals surface area contributed by atoms with Crippen molar-refractivity contribution >= 4 is 5.78 Å². The summed E-state index contributed by atoms with van der Waals surface area (Å²) in [6.07, 6.45) is -1.02. The molecule has 0 aliphatic carbocycles. The molecule has 0 spiro atoms. The van der Waals surface area contributed by atoms with Crippen molar-refractivity contribution in [1.29, 1.82) is 0 Å². The first kappa shape index (κ1) is 15.3. The number of phenolic OH excluding ortho intramolecular Hbond substituents is 2. The SMILES string of the molecule is COc1cc(O)c(CCO)c(O)c1C(=O)C[C@H](C)O. The van der Waals surface area contributed by atoms with Gasteiger partial charge in [0.15, 0.2) is 5.78 Å². The maximum absolute atomic E-state index is 12.0. The smallest absolute Gasteiger partial charge is 0.172 e. The molecule has 0 unspecified atom stereocenters. The van der Waals surface area contributed by atoms with Gasteiger partial charge in [0.2, 0.25) is 0 Å². The lowest BCUT2D eigenvalue weighted by atomic mass is 9.98. The molecule has 6 nitrogen and oxygen atoms in total. The second kappa shape index (κ2) is 6.40. The van der Waals surface area contributed by atoms with Crippen molar-refractivity contribution in [2.75, 3.05) is 13.7 Å². The molecule has 1 atom stereocenters. The molecule has 4 N–H and O–H groups in total. The van der Waals surface area contributed by atoms with Crippen molar-refractivity contribution in [1.82, 2.24) is 0 Å². The number of aliphatic hydroxyl groups excluding tert-OH is 2. The number of rotatable bonds is 6. The Bertz CT molecular complexity index is 467. The van der Waals surface area contributed by atoms with Gasteiger partial charge in [-0.05, 0) is 6.92 Å². The maximum Gasteiger partial charge on any atom is 0.172 e. The standard InChI is InChI=1S/C13H18O6/c1-7(15)5-10(17)12-11(19-2)6-9(16)8(3-4-14)13(12)18/h6-7,14-16,18H,3-5H2,1-2H3/t7-/m0/s1. The van der Waals surface area contributed by atoms with Crippen LogP contribution in [0.3, 0.4) is 0 Å². The molecule has 0 amide bonds. The molecule has 0 saturated heterocycles. The number of aliphatic hydroxyl groups is 2. The molecule has 0 fully saturated rings. The number of phenols is 2. The highest BCUT2D eigenvalue weighted by Gasteiger charge is 2.23. The molecule has 0 heterocycles. The Morgan fingerprint density at radius 2 is 2.05 bits per heavy atom. The van der Waals surface area contributed by atoms with Gasteiger partial charge in [-0.25, -0.2) is 0 Å². The molecule has 1 rings (SSSR count). The average molecular weight is 270 g/mol. The highest BCUT2D eigenvalue weighted by Crippen LogP contribution is 2.39. The summed E-state index contributed by atoms with van der Waals surface area (Å²) < 4.78 is 4.96. The molecule has 6 heteroatoms. The Morgan fingerprint density at radius 3 is 2.53 bits per heavy atom. The molecule has 1 aromatic carbocycles. The van der Waals surface area contributed by atoms with E-state index in [1.165, 1.54) is 20.1 Å². The number of methoxy groups -OCH3 is 1. The van der Waals surface area contributed by atoms with E-state index in [2.05, 4.69) is 0 Å². The number of aromatic hydroxyl groups is 2. The summed E-state index contributed by atoms with van der Waals surface area (Å²) in [7, 11) is 1.30. The molecule has 0 aliphatic heterocycles. The number of carbonyl (C=O) groups excluding carboxylic acids is 1. The number of hydrogen-bond acceptors (Lipinski definition) is 6. The Labute approximate surface area is 110 Å². The highest BCUT2D eigenvalue weighted by atomic mass is 16.5. The minimum atomic E-state index is -0.855. The lowest BCUT2D eigenvalue weighted by Gasteiger charge is -2.15. The van der Waals surface area contributed by atoms with Crippen LogP contribution in [-0.2, 0) is 6.42 Å². The Morgan fingerprint density at radius 1 is 1.42 bits per heavy atom. The summed E-state index contributed by atoms with van der Waals surface area (Å²) in [6.45, 7) is 1.17. The Kier molecular flexibility index (Phi) is 5.14. The fraction of sp³-hybridized carbons (Fsp3) is 0.462. The molecule has 0 radical (unpaired) electrons. The van der Waals surface area contributed by atoms with E-state index in [1.54, 1.807) is 0 Å². The predicted molar refractivity (Wildman–Crippen MR) is 67.7 cm³/mol. The van der Waals surface area contributed by atoms with Gasteiger partial charge in [0.25, 0.3) is 0 Å². The third-order valence-electron chi connectivity index (χ3n) is 2.69. The topological polar surface area (TPSA) is 107 Å². The van der Waals surface area contributed by atoms with E-state index in [9.17, 15) is 20.1 Å². The van der Waals surface area contributed by atoms with Gasteiger partial charge < -0.3 is 25.2 Å². The van der Waals surface area contributed by atoms with Crippen LogP contribution in [0.25, 0.3) is 0 Å². The van der Waals surface area contributed by atoms with Crippen molar-refractivity contribution in [2.45, 2.75) is 25.9 Å². The van der Waals surface area contributed by atoms with Gasteiger partial charge in [-0.2, -0.15) is 0 Å². The molecule has 1 aromatic rings. The molecular weight excluding hydrogens is 252 g/mol. The van der Waals surface area contributed by atoms with Crippen LogP contribution in [0.4, 0.5) is 0 Å². The van der Waals surface area contributed by atoms with Gasteiger partial charge in [-0.3, -0.25) is 4.79 Å².